The van der Waals surface area contributed by atoms with Crippen LogP contribution in [-0.4, -0.2) is 38.1 Å². The molecule has 10 heteroatoms. The Kier molecular flexibility index (Phi) is 4.59. The fourth-order valence-electron chi connectivity index (χ4n) is 1.71. The first-order valence-corrected chi connectivity index (χ1v) is 6.38. The van der Waals surface area contributed by atoms with Crippen LogP contribution in [0.4, 0.5) is 17.3 Å². The SMILES string of the molecule is CCNc1ncnc(NCCc2noc(C)n2)c1[N+](=O)[O-]. The predicted molar refractivity (Wildman–Crippen MR) is 74.1 cm³/mol. The third-order valence-corrected chi connectivity index (χ3v) is 2.56. The highest BCUT2D eigenvalue weighted by Crippen LogP contribution is 2.28. The standard InChI is InChI=1S/C11H15N7O3/c1-3-12-10-9(18(19)20)11(15-6-14-10)13-5-4-8-16-7(2)21-17-8/h6H,3-5H2,1-2H3,(H2,12,13,14,15). The molecule has 0 fully saturated rings. The Balaban J connectivity index is 2.08. The maximum Gasteiger partial charge on any atom is 0.353 e. The first-order valence-electron chi connectivity index (χ1n) is 6.38. The summed E-state index contributed by atoms with van der Waals surface area (Å²) in [6, 6.07) is 0. The minimum atomic E-state index is -0.515. The molecule has 0 aliphatic carbocycles. The molecule has 0 saturated carbocycles. The Hall–Kier alpha value is -2.78. The van der Waals surface area contributed by atoms with Crippen LogP contribution in [0, 0.1) is 17.0 Å². The summed E-state index contributed by atoms with van der Waals surface area (Å²) in [7, 11) is 0. The molecule has 2 aromatic rings. The Labute approximate surface area is 120 Å². The molecule has 0 radical (unpaired) electrons. The number of hydrogen-bond acceptors (Lipinski definition) is 9. The molecule has 0 aliphatic heterocycles. The van der Waals surface area contributed by atoms with Gasteiger partial charge in [0.25, 0.3) is 0 Å². The van der Waals surface area contributed by atoms with Gasteiger partial charge in [0.1, 0.15) is 6.33 Å². The van der Waals surface area contributed by atoms with Gasteiger partial charge in [-0.3, -0.25) is 10.1 Å². The first kappa shape index (κ1) is 14.6. The molecule has 2 rings (SSSR count). The maximum absolute atomic E-state index is 11.2. The average molecular weight is 293 g/mol. The summed E-state index contributed by atoms with van der Waals surface area (Å²) in [5.41, 5.74) is -0.177. The zero-order valence-corrected chi connectivity index (χ0v) is 11.7. The third kappa shape index (κ3) is 3.61. The summed E-state index contributed by atoms with van der Waals surface area (Å²) in [5.74, 6) is 1.36. The second-order valence-corrected chi connectivity index (χ2v) is 4.11. The van der Waals surface area contributed by atoms with E-state index in [1.54, 1.807) is 6.92 Å². The lowest BCUT2D eigenvalue weighted by atomic mass is 10.3. The van der Waals surface area contributed by atoms with Crippen LogP contribution in [0.15, 0.2) is 10.9 Å². The highest BCUT2D eigenvalue weighted by Gasteiger charge is 2.22. The van der Waals surface area contributed by atoms with Gasteiger partial charge >= 0.3 is 5.69 Å². The van der Waals surface area contributed by atoms with Crippen LogP contribution in [-0.2, 0) is 6.42 Å². The third-order valence-electron chi connectivity index (χ3n) is 2.56. The van der Waals surface area contributed by atoms with Crippen molar-refractivity contribution < 1.29 is 9.45 Å². The lowest BCUT2D eigenvalue weighted by Gasteiger charge is -2.08. The van der Waals surface area contributed by atoms with Gasteiger partial charge in [-0.25, -0.2) is 9.97 Å². The lowest BCUT2D eigenvalue weighted by molar-refractivity contribution is -0.383. The van der Waals surface area contributed by atoms with E-state index in [9.17, 15) is 10.1 Å². The smallest absolute Gasteiger partial charge is 0.353 e. The summed E-state index contributed by atoms with van der Waals surface area (Å²) in [6.07, 6.45) is 1.74. The van der Waals surface area contributed by atoms with Crippen molar-refractivity contribution in [3.8, 4) is 0 Å². The van der Waals surface area contributed by atoms with E-state index in [1.165, 1.54) is 6.33 Å². The number of hydrogen-bond donors (Lipinski definition) is 2. The van der Waals surface area contributed by atoms with E-state index in [0.29, 0.717) is 31.2 Å². The molecule has 2 N–H and O–H groups in total. The number of anilines is 2. The maximum atomic E-state index is 11.2. The molecule has 112 valence electrons. The Morgan fingerprint density at radius 3 is 2.62 bits per heavy atom. The van der Waals surface area contributed by atoms with Crippen molar-refractivity contribution in [1.29, 1.82) is 0 Å². The van der Waals surface area contributed by atoms with Crippen molar-refractivity contribution in [2.45, 2.75) is 20.3 Å². The van der Waals surface area contributed by atoms with Gasteiger partial charge in [0, 0.05) is 26.4 Å². The summed E-state index contributed by atoms with van der Waals surface area (Å²) in [5, 5.41) is 20.6. The summed E-state index contributed by atoms with van der Waals surface area (Å²) >= 11 is 0. The zero-order chi connectivity index (χ0) is 15.2. The predicted octanol–water partition coefficient (Wildman–Crippen LogP) is 1.16. The van der Waals surface area contributed by atoms with E-state index in [1.807, 2.05) is 6.92 Å². The Morgan fingerprint density at radius 1 is 1.33 bits per heavy atom. The molecular weight excluding hydrogens is 278 g/mol. The van der Waals surface area contributed by atoms with E-state index >= 15 is 0 Å². The van der Waals surface area contributed by atoms with Crippen molar-refractivity contribution >= 4 is 17.3 Å². The van der Waals surface area contributed by atoms with E-state index in [0.717, 1.165) is 0 Å². The minimum Gasteiger partial charge on any atom is -0.364 e. The van der Waals surface area contributed by atoms with E-state index < -0.39 is 4.92 Å². The molecule has 10 nitrogen and oxygen atoms in total. The van der Waals surface area contributed by atoms with Crippen LogP contribution in [0.5, 0.6) is 0 Å². The molecule has 0 bridgehead atoms. The van der Waals surface area contributed by atoms with Crippen LogP contribution in [0.25, 0.3) is 0 Å². The molecule has 2 heterocycles. The number of aryl methyl sites for hydroxylation is 1. The highest BCUT2D eigenvalue weighted by molar-refractivity contribution is 5.69. The fourth-order valence-corrected chi connectivity index (χ4v) is 1.71. The second-order valence-electron chi connectivity index (χ2n) is 4.11. The summed E-state index contributed by atoms with van der Waals surface area (Å²) < 4.78 is 4.85. The van der Waals surface area contributed by atoms with Crippen molar-refractivity contribution in [2.24, 2.45) is 0 Å². The number of aromatic nitrogens is 4. The van der Waals surface area contributed by atoms with E-state index in [4.69, 9.17) is 4.52 Å². The van der Waals surface area contributed by atoms with Crippen LogP contribution in [0.2, 0.25) is 0 Å². The van der Waals surface area contributed by atoms with Crippen molar-refractivity contribution in [3.05, 3.63) is 28.2 Å². The first-order chi connectivity index (χ1) is 10.1. The van der Waals surface area contributed by atoms with Gasteiger partial charge in [-0.15, -0.1) is 0 Å². The van der Waals surface area contributed by atoms with E-state index in [-0.39, 0.29) is 17.3 Å². The second kappa shape index (κ2) is 6.59. The molecule has 0 aromatic carbocycles. The van der Waals surface area contributed by atoms with Gasteiger partial charge in [0.2, 0.25) is 17.5 Å². The van der Waals surface area contributed by atoms with Crippen molar-refractivity contribution in [2.75, 3.05) is 23.7 Å². The van der Waals surface area contributed by atoms with Gasteiger partial charge in [-0.05, 0) is 6.92 Å². The van der Waals surface area contributed by atoms with Gasteiger partial charge in [0.05, 0.1) is 4.92 Å². The van der Waals surface area contributed by atoms with Gasteiger partial charge in [-0.2, -0.15) is 4.98 Å². The molecule has 0 unspecified atom stereocenters. The largest absolute Gasteiger partial charge is 0.364 e. The monoisotopic (exact) mass is 293 g/mol. The highest BCUT2D eigenvalue weighted by atomic mass is 16.6. The van der Waals surface area contributed by atoms with Crippen molar-refractivity contribution in [1.82, 2.24) is 20.1 Å². The Morgan fingerprint density at radius 2 is 2.05 bits per heavy atom. The van der Waals surface area contributed by atoms with Gasteiger partial charge in [0.15, 0.2) is 5.82 Å². The molecule has 0 spiro atoms. The van der Waals surface area contributed by atoms with Crippen molar-refractivity contribution in [3.63, 3.8) is 0 Å². The zero-order valence-electron chi connectivity index (χ0n) is 11.7. The normalized spacial score (nSPS) is 10.4. The quantitative estimate of drug-likeness (QED) is 0.570. The fraction of sp³-hybridized carbons (Fsp3) is 0.455. The molecular formula is C11H15N7O3. The van der Waals surface area contributed by atoms with Crippen LogP contribution < -0.4 is 10.6 Å². The van der Waals surface area contributed by atoms with Crippen LogP contribution in [0.1, 0.15) is 18.6 Å². The van der Waals surface area contributed by atoms with Gasteiger partial charge in [-0.1, -0.05) is 5.16 Å². The molecule has 21 heavy (non-hydrogen) atoms. The molecule has 2 aromatic heterocycles. The molecule has 0 atom stereocenters. The minimum absolute atomic E-state index is 0.158. The lowest BCUT2D eigenvalue weighted by Crippen LogP contribution is -2.12. The van der Waals surface area contributed by atoms with Crippen LogP contribution in [0.3, 0.4) is 0 Å². The van der Waals surface area contributed by atoms with Crippen LogP contribution >= 0.6 is 0 Å². The number of rotatable bonds is 7. The average Bonchev–Trinajstić information content (AvgIpc) is 2.85. The summed E-state index contributed by atoms with van der Waals surface area (Å²) in [6.45, 7) is 4.45. The Bertz CT molecular complexity index is 628. The molecule has 0 aliphatic rings. The number of nitro groups is 1. The molecule has 0 saturated heterocycles. The molecule has 0 amide bonds. The van der Waals surface area contributed by atoms with E-state index in [2.05, 4.69) is 30.7 Å². The van der Waals surface area contributed by atoms with Gasteiger partial charge < -0.3 is 15.2 Å². The summed E-state index contributed by atoms with van der Waals surface area (Å²) in [4.78, 5) is 22.5. The number of nitrogens with zero attached hydrogens (tertiary/aromatic N) is 5. The number of nitrogens with one attached hydrogen (secondary N) is 2. The topological polar surface area (TPSA) is 132 Å².